The lowest BCUT2D eigenvalue weighted by Gasteiger charge is -2.36. The second-order valence-electron chi connectivity index (χ2n) is 4.49. The lowest BCUT2D eigenvalue weighted by atomic mass is 9.88. The van der Waals surface area contributed by atoms with Gasteiger partial charge in [-0.05, 0) is 33.4 Å². The molecule has 2 rings (SSSR count). The standard InChI is InChI=1S/C10H20N2O.C2H6/c1-11-9-7-10(13-8-9)3-5-12(2)6-4-10;1-2/h9,11H,3-8H2,1-2H3;1-2H3. The molecule has 1 N–H and O–H groups in total. The normalized spacial score (nSPS) is 30.0. The molecule has 0 aromatic carbocycles. The van der Waals surface area contributed by atoms with Crippen LogP contribution < -0.4 is 5.32 Å². The zero-order valence-electron chi connectivity index (χ0n) is 10.7. The molecular weight excluding hydrogens is 188 g/mol. The maximum atomic E-state index is 5.94. The third kappa shape index (κ3) is 3.16. The highest BCUT2D eigenvalue weighted by molar-refractivity contribution is 4.95. The van der Waals surface area contributed by atoms with Gasteiger partial charge in [-0.3, -0.25) is 0 Å². The Balaban J connectivity index is 0.000000531. The first-order valence-corrected chi connectivity index (χ1v) is 6.24. The van der Waals surface area contributed by atoms with Gasteiger partial charge in [-0.15, -0.1) is 0 Å². The molecule has 2 aliphatic heterocycles. The van der Waals surface area contributed by atoms with Gasteiger partial charge >= 0.3 is 0 Å². The van der Waals surface area contributed by atoms with Crippen molar-refractivity contribution in [3.8, 4) is 0 Å². The first kappa shape index (κ1) is 12.9. The van der Waals surface area contributed by atoms with Crippen molar-refractivity contribution >= 4 is 0 Å². The van der Waals surface area contributed by atoms with E-state index >= 15 is 0 Å². The van der Waals surface area contributed by atoms with E-state index in [1.54, 1.807) is 0 Å². The van der Waals surface area contributed by atoms with Gasteiger partial charge in [-0.1, -0.05) is 13.8 Å². The molecule has 3 nitrogen and oxygen atoms in total. The highest BCUT2D eigenvalue weighted by Crippen LogP contribution is 2.35. The predicted octanol–water partition coefficient (Wildman–Crippen LogP) is 1.49. The Bertz CT molecular complexity index is 176. The number of likely N-dealkylation sites (N-methyl/N-ethyl adjacent to an activating group) is 1. The van der Waals surface area contributed by atoms with Crippen LogP contribution in [-0.4, -0.2) is 50.3 Å². The number of nitrogens with one attached hydrogen (secondary N) is 1. The monoisotopic (exact) mass is 214 g/mol. The van der Waals surface area contributed by atoms with Crippen LogP contribution in [0.5, 0.6) is 0 Å². The molecule has 2 fully saturated rings. The van der Waals surface area contributed by atoms with Crippen LogP contribution in [0.3, 0.4) is 0 Å². The van der Waals surface area contributed by atoms with Crippen LogP contribution >= 0.6 is 0 Å². The molecule has 0 aromatic rings. The minimum atomic E-state index is 0.222. The molecule has 2 saturated heterocycles. The van der Waals surface area contributed by atoms with E-state index in [1.807, 2.05) is 20.9 Å². The fourth-order valence-corrected chi connectivity index (χ4v) is 2.40. The van der Waals surface area contributed by atoms with Gasteiger partial charge in [0.2, 0.25) is 0 Å². The zero-order valence-corrected chi connectivity index (χ0v) is 10.7. The van der Waals surface area contributed by atoms with Crippen molar-refractivity contribution < 1.29 is 4.74 Å². The van der Waals surface area contributed by atoms with Crippen molar-refractivity contribution in [2.45, 2.75) is 44.8 Å². The summed E-state index contributed by atoms with van der Waals surface area (Å²) in [6.45, 7) is 7.28. The van der Waals surface area contributed by atoms with Crippen molar-refractivity contribution in [2.24, 2.45) is 0 Å². The molecule has 0 bridgehead atoms. The Morgan fingerprint density at radius 2 is 1.87 bits per heavy atom. The summed E-state index contributed by atoms with van der Waals surface area (Å²) < 4.78 is 5.94. The number of likely N-dealkylation sites (tertiary alicyclic amines) is 1. The quantitative estimate of drug-likeness (QED) is 0.715. The van der Waals surface area contributed by atoms with E-state index < -0.39 is 0 Å². The van der Waals surface area contributed by atoms with E-state index in [4.69, 9.17) is 4.74 Å². The van der Waals surface area contributed by atoms with E-state index in [-0.39, 0.29) is 5.60 Å². The summed E-state index contributed by atoms with van der Waals surface area (Å²) in [5.41, 5.74) is 0.222. The molecule has 2 aliphatic rings. The third-order valence-electron chi connectivity index (χ3n) is 3.52. The van der Waals surface area contributed by atoms with Crippen LogP contribution in [0, 0.1) is 0 Å². The molecule has 3 heteroatoms. The van der Waals surface area contributed by atoms with Crippen LogP contribution in [0.15, 0.2) is 0 Å². The fourth-order valence-electron chi connectivity index (χ4n) is 2.40. The molecule has 1 spiro atoms. The molecule has 0 radical (unpaired) electrons. The molecule has 1 unspecified atom stereocenters. The summed E-state index contributed by atoms with van der Waals surface area (Å²) in [5, 5.41) is 3.31. The molecule has 90 valence electrons. The predicted molar refractivity (Wildman–Crippen MR) is 64.2 cm³/mol. The van der Waals surface area contributed by atoms with E-state index in [1.165, 1.54) is 32.4 Å². The van der Waals surface area contributed by atoms with Crippen LogP contribution in [-0.2, 0) is 4.74 Å². The summed E-state index contributed by atoms with van der Waals surface area (Å²) in [6.07, 6.45) is 3.63. The lowest BCUT2D eigenvalue weighted by Crippen LogP contribution is -2.43. The highest BCUT2D eigenvalue weighted by Gasteiger charge is 2.41. The zero-order chi connectivity index (χ0) is 11.3. The Morgan fingerprint density at radius 3 is 2.33 bits per heavy atom. The van der Waals surface area contributed by atoms with Gasteiger partial charge in [-0.25, -0.2) is 0 Å². The second-order valence-corrected chi connectivity index (χ2v) is 4.49. The average molecular weight is 214 g/mol. The Hall–Kier alpha value is -0.120. The minimum Gasteiger partial charge on any atom is -0.373 e. The SMILES string of the molecule is CC.CNC1COC2(CCN(C)CC2)C1. The first-order chi connectivity index (χ1) is 7.24. The number of hydrogen-bond acceptors (Lipinski definition) is 3. The van der Waals surface area contributed by atoms with E-state index in [9.17, 15) is 0 Å². The number of hydrogen-bond donors (Lipinski definition) is 1. The van der Waals surface area contributed by atoms with Crippen LogP contribution in [0.2, 0.25) is 0 Å². The van der Waals surface area contributed by atoms with Crippen molar-refractivity contribution in [1.29, 1.82) is 0 Å². The molecule has 0 amide bonds. The summed E-state index contributed by atoms with van der Waals surface area (Å²) in [5.74, 6) is 0. The molecule has 2 heterocycles. The maximum Gasteiger partial charge on any atom is 0.0723 e. The number of rotatable bonds is 1. The van der Waals surface area contributed by atoms with Gasteiger partial charge < -0.3 is 15.0 Å². The Morgan fingerprint density at radius 1 is 1.27 bits per heavy atom. The summed E-state index contributed by atoms with van der Waals surface area (Å²) >= 11 is 0. The van der Waals surface area contributed by atoms with Gasteiger partial charge in [0.15, 0.2) is 0 Å². The molecule has 15 heavy (non-hydrogen) atoms. The van der Waals surface area contributed by atoms with Crippen molar-refractivity contribution in [1.82, 2.24) is 10.2 Å². The Labute approximate surface area is 94.2 Å². The smallest absolute Gasteiger partial charge is 0.0723 e. The van der Waals surface area contributed by atoms with E-state index in [0.717, 1.165) is 6.61 Å². The topological polar surface area (TPSA) is 24.5 Å². The summed E-state index contributed by atoms with van der Waals surface area (Å²) in [6, 6.07) is 0.586. The molecule has 1 atom stereocenters. The van der Waals surface area contributed by atoms with Crippen molar-refractivity contribution in [3.63, 3.8) is 0 Å². The van der Waals surface area contributed by atoms with Gasteiger partial charge in [0.25, 0.3) is 0 Å². The van der Waals surface area contributed by atoms with Crippen LogP contribution in [0.1, 0.15) is 33.1 Å². The molecule has 0 aromatic heterocycles. The Kier molecular flexibility index (Phi) is 5.03. The van der Waals surface area contributed by atoms with Gasteiger partial charge in [0, 0.05) is 19.1 Å². The number of piperidine rings is 1. The molecule has 0 saturated carbocycles. The van der Waals surface area contributed by atoms with Crippen LogP contribution in [0.25, 0.3) is 0 Å². The summed E-state index contributed by atoms with van der Waals surface area (Å²) in [4.78, 5) is 2.39. The van der Waals surface area contributed by atoms with Crippen molar-refractivity contribution in [3.05, 3.63) is 0 Å². The van der Waals surface area contributed by atoms with E-state index in [2.05, 4.69) is 17.3 Å². The first-order valence-electron chi connectivity index (χ1n) is 6.24. The largest absolute Gasteiger partial charge is 0.373 e. The molecule has 0 aliphatic carbocycles. The van der Waals surface area contributed by atoms with Gasteiger partial charge in [0.05, 0.1) is 12.2 Å². The average Bonchev–Trinajstić information content (AvgIpc) is 2.70. The minimum absolute atomic E-state index is 0.222. The third-order valence-corrected chi connectivity index (χ3v) is 3.52. The second kappa shape index (κ2) is 5.83. The van der Waals surface area contributed by atoms with Crippen molar-refractivity contribution in [2.75, 3.05) is 33.8 Å². The van der Waals surface area contributed by atoms with E-state index in [0.29, 0.717) is 6.04 Å². The fraction of sp³-hybridized carbons (Fsp3) is 1.00. The van der Waals surface area contributed by atoms with Crippen LogP contribution in [0.4, 0.5) is 0 Å². The highest BCUT2D eigenvalue weighted by atomic mass is 16.5. The van der Waals surface area contributed by atoms with Gasteiger partial charge in [0.1, 0.15) is 0 Å². The molecular formula is C12H26N2O. The summed E-state index contributed by atoms with van der Waals surface area (Å²) in [7, 11) is 4.22. The maximum absolute atomic E-state index is 5.94. The lowest BCUT2D eigenvalue weighted by molar-refractivity contribution is -0.0392. The van der Waals surface area contributed by atoms with Gasteiger partial charge in [-0.2, -0.15) is 0 Å². The number of nitrogens with zero attached hydrogens (tertiary/aromatic N) is 1. The number of ether oxygens (including phenoxy) is 1.